The number of hydrogen-bond acceptors (Lipinski definition) is 1. The molecule has 0 saturated carbocycles. The fourth-order valence-corrected chi connectivity index (χ4v) is 3.27. The third kappa shape index (κ3) is 2.73. The normalized spacial score (nSPS) is 29.3. The van der Waals surface area contributed by atoms with Gasteiger partial charge >= 0.3 is 0 Å². The summed E-state index contributed by atoms with van der Waals surface area (Å²) in [5, 5.41) is 10.3. The largest absolute Gasteiger partial charge is 0.388 e. The molecule has 0 spiro atoms. The standard InChI is InChI=1S/C13H19BrO/c14-12-9-5-4-8-11(12)13(15)10-6-2-1-3-7-10/h2,6,10,13,15H,1,3-5,7-9H2. The Hall–Kier alpha value is -0.0800. The van der Waals surface area contributed by atoms with Gasteiger partial charge < -0.3 is 5.11 Å². The molecule has 2 unspecified atom stereocenters. The SMILES string of the molecule is OC(C1=C(Br)CCCC1)C1C=CCCC1. The molecule has 0 aromatic carbocycles. The summed E-state index contributed by atoms with van der Waals surface area (Å²) in [5.41, 5.74) is 1.26. The van der Waals surface area contributed by atoms with Crippen molar-refractivity contribution in [3.05, 3.63) is 22.2 Å². The molecule has 0 aliphatic heterocycles. The van der Waals surface area contributed by atoms with Crippen LogP contribution in [0.5, 0.6) is 0 Å². The van der Waals surface area contributed by atoms with E-state index in [1.54, 1.807) is 0 Å². The van der Waals surface area contributed by atoms with Crippen molar-refractivity contribution < 1.29 is 5.11 Å². The second-order valence-electron chi connectivity index (χ2n) is 4.60. The summed E-state index contributed by atoms with van der Waals surface area (Å²) >= 11 is 3.62. The Labute approximate surface area is 100 Å². The van der Waals surface area contributed by atoms with E-state index in [0.29, 0.717) is 5.92 Å². The van der Waals surface area contributed by atoms with Crippen molar-refractivity contribution in [3.63, 3.8) is 0 Å². The lowest BCUT2D eigenvalue weighted by Crippen LogP contribution is -2.24. The molecule has 15 heavy (non-hydrogen) atoms. The highest BCUT2D eigenvalue weighted by Gasteiger charge is 2.25. The maximum Gasteiger partial charge on any atom is 0.0823 e. The lowest BCUT2D eigenvalue weighted by molar-refractivity contribution is 0.150. The Morgan fingerprint density at radius 3 is 2.73 bits per heavy atom. The Morgan fingerprint density at radius 1 is 1.27 bits per heavy atom. The van der Waals surface area contributed by atoms with Crippen LogP contribution < -0.4 is 0 Å². The molecular formula is C13H19BrO. The summed E-state index contributed by atoms with van der Waals surface area (Å²) < 4.78 is 1.26. The predicted molar refractivity (Wildman–Crippen MR) is 66.9 cm³/mol. The van der Waals surface area contributed by atoms with Crippen LogP contribution in [-0.2, 0) is 0 Å². The van der Waals surface area contributed by atoms with Gasteiger partial charge in [-0.3, -0.25) is 0 Å². The molecule has 0 saturated heterocycles. The zero-order chi connectivity index (χ0) is 10.7. The molecule has 0 aromatic rings. The van der Waals surface area contributed by atoms with Crippen LogP contribution in [0, 0.1) is 5.92 Å². The van der Waals surface area contributed by atoms with Gasteiger partial charge in [-0.15, -0.1) is 0 Å². The van der Waals surface area contributed by atoms with E-state index in [9.17, 15) is 5.11 Å². The molecule has 2 heteroatoms. The number of halogens is 1. The smallest absolute Gasteiger partial charge is 0.0823 e. The molecule has 2 aliphatic rings. The summed E-state index contributed by atoms with van der Waals surface area (Å²) in [4.78, 5) is 0. The van der Waals surface area contributed by atoms with Crippen molar-refractivity contribution in [3.8, 4) is 0 Å². The van der Waals surface area contributed by atoms with Crippen molar-refractivity contribution >= 4 is 15.9 Å². The van der Waals surface area contributed by atoms with E-state index in [1.165, 1.54) is 35.7 Å². The number of hydrogen-bond donors (Lipinski definition) is 1. The average Bonchev–Trinajstić information content (AvgIpc) is 2.30. The molecular weight excluding hydrogens is 252 g/mol. The highest BCUT2D eigenvalue weighted by molar-refractivity contribution is 9.11. The van der Waals surface area contributed by atoms with E-state index in [4.69, 9.17) is 0 Å². The highest BCUT2D eigenvalue weighted by Crippen LogP contribution is 2.35. The third-order valence-electron chi connectivity index (χ3n) is 3.49. The lowest BCUT2D eigenvalue weighted by Gasteiger charge is -2.28. The first kappa shape index (κ1) is 11.4. The first-order valence-electron chi connectivity index (χ1n) is 6.01. The number of aliphatic hydroxyl groups excluding tert-OH is 1. The summed E-state index contributed by atoms with van der Waals surface area (Å²) in [7, 11) is 0. The lowest BCUT2D eigenvalue weighted by atomic mass is 9.83. The Bertz CT molecular complexity index is 280. The monoisotopic (exact) mass is 270 g/mol. The molecule has 2 aliphatic carbocycles. The molecule has 2 rings (SSSR count). The molecule has 1 nitrogen and oxygen atoms in total. The van der Waals surface area contributed by atoms with Crippen molar-refractivity contribution in [2.24, 2.45) is 5.92 Å². The maximum absolute atomic E-state index is 10.3. The summed E-state index contributed by atoms with van der Waals surface area (Å²) in [6.45, 7) is 0. The highest BCUT2D eigenvalue weighted by atomic mass is 79.9. The van der Waals surface area contributed by atoms with E-state index >= 15 is 0 Å². The fourth-order valence-electron chi connectivity index (χ4n) is 2.56. The molecule has 0 fully saturated rings. The van der Waals surface area contributed by atoms with Crippen LogP contribution in [0.1, 0.15) is 44.9 Å². The van der Waals surface area contributed by atoms with Crippen LogP contribution in [0.4, 0.5) is 0 Å². The number of allylic oxidation sites excluding steroid dienone is 2. The van der Waals surface area contributed by atoms with E-state index < -0.39 is 0 Å². The van der Waals surface area contributed by atoms with Gasteiger partial charge in [0.1, 0.15) is 0 Å². The van der Waals surface area contributed by atoms with Crippen LogP contribution in [0.25, 0.3) is 0 Å². The average molecular weight is 271 g/mol. The van der Waals surface area contributed by atoms with Gasteiger partial charge in [0, 0.05) is 5.92 Å². The van der Waals surface area contributed by atoms with Gasteiger partial charge in [-0.2, -0.15) is 0 Å². The van der Waals surface area contributed by atoms with E-state index in [2.05, 4.69) is 28.1 Å². The van der Waals surface area contributed by atoms with Crippen LogP contribution >= 0.6 is 15.9 Å². The zero-order valence-corrected chi connectivity index (χ0v) is 10.7. The zero-order valence-electron chi connectivity index (χ0n) is 9.08. The Balaban J connectivity index is 2.08. The van der Waals surface area contributed by atoms with Gasteiger partial charge in [0.05, 0.1) is 6.10 Å². The molecule has 0 bridgehead atoms. The minimum Gasteiger partial charge on any atom is -0.388 e. The van der Waals surface area contributed by atoms with Crippen molar-refractivity contribution in [1.29, 1.82) is 0 Å². The first-order valence-corrected chi connectivity index (χ1v) is 6.80. The second-order valence-corrected chi connectivity index (χ2v) is 5.56. The topological polar surface area (TPSA) is 20.2 Å². The summed E-state index contributed by atoms with van der Waals surface area (Å²) in [6, 6.07) is 0. The van der Waals surface area contributed by atoms with Crippen LogP contribution in [0.15, 0.2) is 22.2 Å². The van der Waals surface area contributed by atoms with Crippen molar-refractivity contribution in [2.75, 3.05) is 0 Å². The maximum atomic E-state index is 10.3. The Morgan fingerprint density at radius 2 is 2.07 bits per heavy atom. The molecule has 0 amide bonds. The van der Waals surface area contributed by atoms with Gasteiger partial charge in [-0.1, -0.05) is 28.1 Å². The molecule has 1 N–H and O–H groups in total. The van der Waals surface area contributed by atoms with Gasteiger partial charge in [0.2, 0.25) is 0 Å². The molecule has 0 radical (unpaired) electrons. The Kier molecular flexibility index (Phi) is 4.04. The van der Waals surface area contributed by atoms with E-state index in [1.807, 2.05) is 0 Å². The van der Waals surface area contributed by atoms with Gasteiger partial charge in [0.15, 0.2) is 0 Å². The molecule has 0 aromatic heterocycles. The number of rotatable bonds is 2. The number of aliphatic hydroxyl groups is 1. The molecule has 2 atom stereocenters. The van der Waals surface area contributed by atoms with Crippen molar-refractivity contribution in [2.45, 2.75) is 51.0 Å². The van der Waals surface area contributed by atoms with Crippen LogP contribution in [0.3, 0.4) is 0 Å². The van der Waals surface area contributed by atoms with Crippen molar-refractivity contribution in [1.82, 2.24) is 0 Å². The van der Waals surface area contributed by atoms with Gasteiger partial charge in [-0.05, 0) is 55.0 Å². The fraction of sp³-hybridized carbons (Fsp3) is 0.692. The van der Waals surface area contributed by atoms with Crippen LogP contribution in [0.2, 0.25) is 0 Å². The van der Waals surface area contributed by atoms with Crippen LogP contribution in [-0.4, -0.2) is 11.2 Å². The summed E-state index contributed by atoms with van der Waals surface area (Å²) in [5.74, 6) is 0.361. The second kappa shape index (κ2) is 5.31. The van der Waals surface area contributed by atoms with Gasteiger partial charge in [-0.25, -0.2) is 0 Å². The third-order valence-corrected chi connectivity index (χ3v) is 4.40. The van der Waals surface area contributed by atoms with Gasteiger partial charge in [0.25, 0.3) is 0 Å². The first-order chi connectivity index (χ1) is 7.29. The predicted octanol–water partition coefficient (Wildman–Crippen LogP) is 3.93. The van der Waals surface area contributed by atoms with E-state index in [-0.39, 0.29) is 6.10 Å². The molecule has 0 heterocycles. The quantitative estimate of drug-likeness (QED) is 0.754. The minimum atomic E-state index is -0.240. The summed E-state index contributed by atoms with van der Waals surface area (Å²) in [6.07, 6.45) is 12.4. The van der Waals surface area contributed by atoms with E-state index in [0.717, 1.165) is 19.3 Å². The molecule has 84 valence electrons. The minimum absolute atomic E-state index is 0.240.